The molecule has 0 aliphatic carbocycles. The van der Waals surface area contributed by atoms with E-state index in [1.807, 2.05) is 35.6 Å². The fourth-order valence-corrected chi connectivity index (χ4v) is 3.39. The van der Waals surface area contributed by atoms with Gasteiger partial charge in [-0.2, -0.15) is 5.10 Å². The van der Waals surface area contributed by atoms with Crippen molar-refractivity contribution in [1.29, 1.82) is 0 Å². The average Bonchev–Trinajstić information content (AvgIpc) is 3.23. The molecule has 134 valence electrons. The van der Waals surface area contributed by atoms with Gasteiger partial charge in [0.1, 0.15) is 11.5 Å². The molecule has 7 heteroatoms. The van der Waals surface area contributed by atoms with Gasteiger partial charge in [-0.3, -0.25) is 9.48 Å². The summed E-state index contributed by atoms with van der Waals surface area (Å²) in [6.45, 7) is 7.72. The SMILES string of the molecule is CCn1nc(-c2ncc(C)o2)c2c1CCN(C(=O)c1cccc(C)n1)C2. The van der Waals surface area contributed by atoms with Crippen molar-refractivity contribution in [2.24, 2.45) is 0 Å². The Morgan fingerprint density at radius 2 is 2.15 bits per heavy atom. The Morgan fingerprint density at radius 3 is 2.85 bits per heavy atom. The molecule has 4 heterocycles. The largest absolute Gasteiger partial charge is 0.440 e. The lowest BCUT2D eigenvalue weighted by Gasteiger charge is -2.27. The summed E-state index contributed by atoms with van der Waals surface area (Å²) in [5.74, 6) is 1.19. The fraction of sp³-hybridized carbons (Fsp3) is 0.368. The van der Waals surface area contributed by atoms with Gasteiger partial charge in [0.15, 0.2) is 5.69 Å². The van der Waals surface area contributed by atoms with E-state index in [0.29, 0.717) is 24.7 Å². The van der Waals surface area contributed by atoms with Crippen LogP contribution in [0, 0.1) is 13.8 Å². The Balaban J connectivity index is 1.69. The van der Waals surface area contributed by atoms with Gasteiger partial charge >= 0.3 is 0 Å². The first-order valence-corrected chi connectivity index (χ1v) is 8.81. The van der Waals surface area contributed by atoms with E-state index in [4.69, 9.17) is 4.42 Å². The van der Waals surface area contributed by atoms with Crippen molar-refractivity contribution in [3.8, 4) is 11.6 Å². The Kier molecular flexibility index (Phi) is 4.06. The molecule has 1 aliphatic rings. The number of carbonyl (C=O) groups excluding carboxylic acids is 1. The first-order chi connectivity index (χ1) is 12.6. The molecule has 3 aromatic rings. The van der Waals surface area contributed by atoms with Gasteiger partial charge in [-0.05, 0) is 32.9 Å². The van der Waals surface area contributed by atoms with E-state index in [9.17, 15) is 4.79 Å². The van der Waals surface area contributed by atoms with Gasteiger partial charge < -0.3 is 9.32 Å². The zero-order valence-electron chi connectivity index (χ0n) is 15.2. The minimum Gasteiger partial charge on any atom is -0.440 e. The molecule has 0 saturated heterocycles. The maximum absolute atomic E-state index is 12.9. The molecule has 7 nitrogen and oxygen atoms in total. The van der Waals surface area contributed by atoms with Gasteiger partial charge in [0.05, 0.1) is 12.7 Å². The van der Waals surface area contributed by atoms with Crippen molar-refractivity contribution in [3.63, 3.8) is 0 Å². The van der Waals surface area contributed by atoms with Gasteiger partial charge in [-0.15, -0.1) is 0 Å². The molecule has 26 heavy (non-hydrogen) atoms. The molecule has 1 amide bonds. The highest BCUT2D eigenvalue weighted by Crippen LogP contribution is 2.30. The Hall–Kier alpha value is -2.96. The zero-order chi connectivity index (χ0) is 18.3. The van der Waals surface area contributed by atoms with Crippen LogP contribution in [0.4, 0.5) is 0 Å². The number of pyridine rings is 1. The van der Waals surface area contributed by atoms with Crippen molar-refractivity contribution < 1.29 is 9.21 Å². The highest BCUT2D eigenvalue weighted by molar-refractivity contribution is 5.92. The topological polar surface area (TPSA) is 77.0 Å². The summed E-state index contributed by atoms with van der Waals surface area (Å²) in [6.07, 6.45) is 2.45. The molecular weight excluding hydrogens is 330 g/mol. The van der Waals surface area contributed by atoms with E-state index in [2.05, 4.69) is 22.0 Å². The third kappa shape index (κ3) is 2.79. The van der Waals surface area contributed by atoms with Crippen LogP contribution in [0.3, 0.4) is 0 Å². The van der Waals surface area contributed by atoms with Crippen molar-refractivity contribution in [3.05, 3.63) is 52.8 Å². The first-order valence-electron chi connectivity index (χ1n) is 8.81. The van der Waals surface area contributed by atoms with Crippen LogP contribution in [0.25, 0.3) is 11.6 Å². The second kappa shape index (κ2) is 6.40. The zero-order valence-corrected chi connectivity index (χ0v) is 15.2. The van der Waals surface area contributed by atoms with Gasteiger partial charge in [0, 0.05) is 36.5 Å². The number of aryl methyl sites for hydroxylation is 3. The van der Waals surface area contributed by atoms with E-state index in [-0.39, 0.29) is 5.91 Å². The predicted octanol–water partition coefficient (Wildman–Crippen LogP) is 2.77. The third-order valence-corrected chi connectivity index (χ3v) is 4.65. The van der Waals surface area contributed by atoms with E-state index in [0.717, 1.165) is 41.4 Å². The number of aromatic nitrogens is 4. The molecule has 0 spiro atoms. The van der Waals surface area contributed by atoms with Gasteiger partial charge in [-0.25, -0.2) is 9.97 Å². The summed E-state index contributed by atoms with van der Waals surface area (Å²) in [5.41, 5.74) is 4.21. The average molecular weight is 351 g/mol. The maximum atomic E-state index is 12.9. The number of nitrogens with zero attached hydrogens (tertiary/aromatic N) is 5. The minimum absolute atomic E-state index is 0.0573. The molecule has 0 bridgehead atoms. The monoisotopic (exact) mass is 351 g/mol. The van der Waals surface area contributed by atoms with E-state index in [1.54, 1.807) is 12.3 Å². The Morgan fingerprint density at radius 1 is 1.31 bits per heavy atom. The second-order valence-corrected chi connectivity index (χ2v) is 6.51. The number of rotatable bonds is 3. The van der Waals surface area contributed by atoms with Crippen LogP contribution in [0.5, 0.6) is 0 Å². The van der Waals surface area contributed by atoms with Gasteiger partial charge in [-0.1, -0.05) is 6.07 Å². The summed E-state index contributed by atoms with van der Waals surface area (Å²) in [7, 11) is 0. The number of fused-ring (bicyclic) bond motifs is 1. The van der Waals surface area contributed by atoms with Crippen LogP contribution in [-0.2, 0) is 19.5 Å². The Labute approximate surface area is 151 Å². The number of oxazole rings is 1. The normalized spacial score (nSPS) is 13.7. The van der Waals surface area contributed by atoms with Crippen LogP contribution < -0.4 is 0 Å². The highest BCUT2D eigenvalue weighted by Gasteiger charge is 2.30. The van der Waals surface area contributed by atoms with Gasteiger partial charge in [0.25, 0.3) is 5.91 Å². The van der Waals surface area contributed by atoms with Crippen molar-refractivity contribution in [2.45, 2.75) is 40.3 Å². The van der Waals surface area contributed by atoms with Crippen LogP contribution in [0.1, 0.15) is 40.1 Å². The minimum atomic E-state index is -0.0573. The maximum Gasteiger partial charge on any atom is 0.272 e. The first kappa shape index (κ1) is 16.5. The number of carbonyl (C=O) groups is 1. The van der Waals surface area contributed by atoms with Crippen LogP contribution in [0.15, 0.2) is 28.8 Å². The van der Waals surface area contributed by atoms with Gasteiger partial charge in [0.2, 0.25) is 5.89 Å². The lowest BCUT2D eigenvalue weighted by molar-refractivity contribution is 0.0727. The molecule has 0 fully saturated rings. The molecule has 0 unspecified atom stereocenters. The standard InChI is InChI=1S/C19H21N5O2/c1-4-24-16-8-9-23(19(25)15-7-5-6-12(2)21-15)11-14(16)17(22-24)18-20-10-13(3)26-18/h5-7,10H,4,8-9,11H2,1-3H3. The van der Waals surface area contributed by atoms with E-state index < -0.39 is 0 Å². The summed E-state index contributed by atoms with van der Waals surface area (Å²) >= 11 is 0. The molecule has 0 radical (unpaired) electrons. The third-order valence-electron chi connectivity index (χ3n) is 4.65. The predicted molar refractivity (Wildman–Crippen MR) is 95.6 cm³/mol. The van der Waals surface area contributed by atoms with Crippen LogP contribution in [-0.4, -0.2) is 37.1 Å². The summed E-state index contributed by atoms with van der Waals surface area (Å²) in [4.78, 5) is 23.4. The van der Waals surface area contributed by atoms with Crippen molar-refractivity contribution >= 4 is 5.91 Å². The summed E-state index contributed by atoms with van der Waals surface area (Å²) in [6, 6.07) is 5.51. The fourth-order valence-electron chi connectivity index (χ4n) is 3.39. The summed E-state index contributed by atoms with van der Waals surface area (Å²) in [5, 5.41) is 4.68. The highest BCUT2D eigenvalue weighted by atomic mass is 16.4. The molecule has 3 aromatic heterocycles. The lowest BCUT2D eigenvalue weighted by atomic mass is 10.0. The molecule has 0 N–H and O–H groups in total. The molecule has 0 aromatic carbocycles. The lowest BCUT2D eigenvalue weighted by Crippen LogP contribution is -2.37. The smallest absolute Gasteiger partial charge is 0.272 e. The molecular formula is C19H21N5O2. The van der Waals surface area contributed by atoms with Crippen LogP contribution in [0.2, 0.25) is 0 Å². The van der Waals surface area contributed by atoms with Crippen molar-refractivity contribution in [2.75, 3.05) is 6.54 Å². The number of hydrogen-bond acceptors (Lipinski definition) is 5. The van der Waals surface area contributed by atoms with E-state index >= 15 is 0 Å². The summed E-state index contributed by atoms with van der Waals surface area (Å²) < 4.78 is 7.67. The molecule has 1 aliphatic heterocycles. The second-order valence-electron chi connectivity index (χ2n) is 6.51. The molecule has 0 atom stereocenters. The Bertz CT molecular complexity index is 972. The molecule has 0 saturated carbocycles. The molecule has 4 rings (SSSR count). The number of amides is 1. The van der Waals surface area contributed by atoms with E-state index in [1.165, 1.54) is 0 Å². The van der Waals surface area contributed by atoms with Crippen molar-refractivity contribution in [1.82, 2.24) is 24.6 Å². The number of hydrogen-bond donors (Lipinski definition) is 0. The quantitative estimate of drug-likeness (QED) is 0.725. The van der Waals surface area contributed by atoms with Crippen LogP contribution >= 0.6 is 0 Å².